The van der Waals surface area contributed by atoms with Crippen LogP contribution in [0.1, 0.15) is 36.6 Å². The summed E-state index contributed by atoms with van der Waals surface area (Å²) in [4.78, 5) is 11.5. The number of aliphatic hydroxyl groups is 1. The predicted octanol–water partition coefficient (Wildman–Crippen LogP) is 0.767. The smallest absolute Gasteiger partial charge is 0.148 e. The number of hydrogen-bond donors (Lipinski definition) is 3. The molecule has 2 heterocycles. The Kier molecular flexibility index (Phi) is 3.28. The zero-order valence-electron chi connectivity index (χ0n) is 11.3. The van der Waals surface area contributed by atoms with E-state index in [-0.39, 0.29) is 6.61 Å². The van der Waals surface area contributed by atoms with E-state index in [0.29, 0.717) is 11.8 Å². The Hall–Kier alpha value is -1.40. The largest absolute Gasteiger partial charge is 0.396 e. The highest BCUT2D eigenvalue weighted by Gasteiger charge is 2.30. The average Bonchev–Trinajstić information content (AvgIpc) is 3.17. The maximum Gasteiger partial charge on any atom is 0.148 e. The Morgan fingerprint density at radius 2 is 2.16 bits per heavy atom. The summed E-state index contributed by atoms with van der Waals surface area (Å²) in [5, 5.41) is 9.26. The molecule has 0 amide bonds. The van der Waals surface area contributed by atoms with Crippen molar-refractivity contribution < 1.29 is 5.11 Å². The molecule has 1 saturated heterocycles. The van der Waals surface area contributed by atoms with Crippen molar-refractivity contribution in [2.24, 2.45) is 11.8 Å². The Morgan fingerprint density at radius 3 is 2.74 bits per heavy atom. The van der Waals surface area contributed by atoms with Gasteiger partial charge in [-0.05, 0) is 26.2 Å². The van der Waals surface area contributed by atoms with Crippen molar-refractivity contribution in [3.63, 3.8) is 0 Å². The van der Waals surface area contributed by atoms with E-state index in [1.54, 1.807) is 0 Å². The average molecular weight is 263 g/mol. The van der Waals surface area contributed by atoms with E-state index in [1.807, 2.05) is 6.92 Å². The number of nitrogen functional groups attached to an aromatic ring is 1. The van der Waals surface area contributed by atoms with Crippen molar-refractivity contribution >= 4 is 11.6 Å². The summed E-state index contributed by atoms with van der Waals surface area (Å²) in [5.41, 5.74) is 3.67. The number of rotatable bonds is 4. The molecule has 1 saturated carbocycles. The number of nitrogens with one attached hydrogen (secondary N) is 1. The van der Waals surface area contributed by atoms with Crippen LogP contribution < -0.4 is 16.2 Å². The number of nitrogens with two attached hydrogens (primary N) is 1. The second-order valence-corrected chi connectivity index (χ2v) is 5.58. The maximum absolute atomic E-state index is 9.26. The van der Waals surface area contributed by atoms with Crippen molar-refractivity contribution in [3.05, 3.63) is 11.4 Å². The zero-order chi connectivity index (χ0) is 13.4. The molecule has 2 aliphatic rings. The Labute approximate surface area is 113 Å². The number of aliphatic hydroxyl groups excluding tert-OH is 1. The fraction of sp³-hybridized carbons (Fsp3) is 0.692. The summed E-state index contributed by atoms with van der Waals surface area (Å²) in [6, 6.07) is 0. The standard InChI is InChI=1S/C13H21N5O/c1-8-11(17-14)15-12(10-2-3-10)16-13(8)18-5-4-9(6-18)7-19/h9-10,19H,2-7,14H2,1H3,(H,15,16,17). The van der Waals surface area contributed by atoms with Crippen LogP contribution in [-0.2, 0) is 0 Å². The second-order valence-electron chi connectivity index (χ2n) is 5.58. The Morgan fingerprint density at radius 1 is 1.37 bits per heavy atom. The highest BCUT2D eigenvalue weighted by atomic mass is 16.3. The first-order valence-electron chi connectivity index (χ1n) is 6.94. The lowest BCUT2D eigenvalue weighted by Gasteiger charge is -2.21. The molecule has 2 fully saturated rings. The molecule has 1 aromatic heterocycles. The van der Waals surface area contributed by atoms with Gasteiger partial charge in [-0.2, -0.15) is 0 Å². The van der Waals surface area contributed by atoms with Gasteiger partial charge in [0, 0.05) is 37.1 Å². The minimum absolute atomic E-state index is 0.248. The molecule has 0 aromatic carbocycles. The van der Waals surface area contributed by atoms with Gasteiger partial charge in [0.05, 0.1) is 0 Å². The second kappa shape index (κ2) is 4.94. The Bertz CT molecular complexity index is 474. The topological polar surface area (TPSA) is 87.3 Å². The van der Waals surface area contributed by atoms with Gasteiger partial charge in [0.15, 0.2) is 0 Å². The molecular weight excluding hydrogens is 242 g/mol. The van der Waals surface area contributed by atoms with Gasteiger partial charge in [-0.1, -0.05) is 0 Å². The van der Waals surface area contributed by atoms with Gasteiger partial charge in [-0.15, -0.1) is 0 Å². The van der Waals surface area contributed by atoms with Crippen molar-refractivity contribution in [2.75, 3.05) is 30.0 Å². The molecule has 19 heavy (non-hydrogen) atoms. The first kappa shape index (κ1) is 12.6. The lowest BCUT2D eigenvalue weighted by atomic mass is 10.1. The molecule has 1 aromatic rings. The number of aromatic nitrogens is 2. The summed E-state index contributed by atoms with van der Waals surface area (Å²) in [5.74, 6) is 9.02. The van der Waals surface area contributed by atoms with E-state index in [4.69, 9.17) is 10.8 Å². The molecule has 104 valence electrons. The van der Waals surface area contributed by atoms with Crippen LogP contribution in [0, 0.1) is 12.8 Å². The van der Waals surface area contributed by atoms with Crippen LogP contribution in [0.5, 0.6) is 0 Å². The summed E-state index contributed by atoms with van der Waals surface area (Å²) in [6.45, 7) is 4.05. The van der Waals surface area contributed by atoms with Crippen LogP contribution in [0.3, 0.4) is 0 Å². The lowest BCUT2D eigenvalue weighted by Crippen LogP contribution is -2.24. The molecule has 3 rings (SSSR count). The minimum Gasteiger partial charge on any atom is -0.396 e. The van der Waals surface area contributed by atoms with Crippen molar-refractivity contribution in [1.82, 2.24) is 9.97 Å². The molecule has 0 spiro atoms. The fourth-order valence-corrected chi connectivity index (χ4v) is 2.67. The van der Waals surface area contributed by atoms with Gasteiger partial charge in [-0.25, -0.2) is 15.8 Å². The van der Waals surface area contributed by atoms with Crippen LogP contribution >= 0.6 is 0 Å². The van der Waals surface area contributed by atoms with E-state index in [2.05, 4.69) is 15.3 Å². The molecule has 1 atom stereocenters. The van der Waals surface area contributed by atoms with Crippen LogP contribution in [-0.4, -0.2) is 34.8 Å². The highest BCUT2D eigenvalue weighted by Crippen LogP contribution is 2.40. The van der Waals surface area contributed by atoms with E-state index < -0.39 is 0 Å². The summed E-state index contributed by atoms with van der Waals surface area (Å²) >= 11 is 0. The van der Waals surface area contributed by atoms with Gasteiger partial charge in [0.2, 0.25) is 0 Å². The lowest BCUT2D eigenvalue weighted by molar-refractivity contribution is 0.238. The molecule has 0 bridgehead atoms. The molecule has 6 nitrogen and oxygen atoms in total. The normalized spacial score (nSPS) is 22.9. The first-order valence-corrected chi connectivity index (χ1v) is 6.94. The first-order chi connectivity index (χ1) is 9.22. The molecule has 1 unspecified atom stereocenters. The number of nitrogens with zero attached hydrogens (tertiary/aromatic N) is 3. The summed E-state index contributed by atoms with van der Waals surface area (Å²) < 4.78 is 0. The molecule has 1 aliphatic carbocycles. The van der Waals surface area contributed by atoms with Gasteiger partial charge in [0.1, 0.15) is 17.5 Å². The third-order valence-electron chi connectivity index (χ3n) is 4.06. The molecule has 4 N–H and O–H groups in total. The third-order valence-corrected chi connectivity index (χ3v) is 4.06. The quantitative estimate of drug-likeness (QED) is 0.549. The fourth-order valence-electron chi connectivity index (χ4n) is 2.67. The predicted molar refractivity (Wildman–Crippen MR) is 74.0 cm³/mol. The van der Waals surface area contributed by atoms with Crippen LogP contribution in [0.2, 0.25) is 0 Å². The Balaban J connectivity index is 1.92. The minimum atomic E-state index is 0.248. The number of hydrogen-bond acceptors (Lipinski definition) is 6. The van der Waals surface area contributed by atoms with Crippen LogP contribution in [0.15, 0.2) is 0 Å². The van der Waals surface area contributed by atoms with Crippen LogP contribution in [0.25, 0.3) is 0 Å². The monoisotopic (exact) mass is 263 g/mol. The molecular formula is C13H21N5O. The van der Waals surface area contributed by atoms with E-state index >= 15 is 0 Å². The summed E-state index contributed by atoms with van der Waals surface area (Å²) in [6.07, 6.45) is 3.36. The van der Waals surface area contributed by atoms with E-state index in [0.717, 1.165) is 42.5 Å². The summed E-state index contributed by atoms with van der Waals surface area (Å²) in [7, 11) is 0. The molecule has 6 heteroatoms. The number of anilines is 2. The number of hydrazine groups is 1. The SMILES string of the molecule is Cc1c(NN)nc(C2CC2)nc1N1CCC(CO)C1. The molecule has 1 aliphatic heterocycles. The van der Waals surface area contributed by atoms with Crippen molar-refractivity contribution in [1.29, 1.82) is 0 Å². The van der Waals surface area contributed by atoms with E-state index in [9.17, 15) is 5.11 Å². The van der Waals surface area contributed by atoms with E-state index in [1.165, 1.54) is 12.8 Å². The zero-order valence-corrected chi connectivity index (χ0v) is 11.3. The molecule has 0 radical (unpaired) electrons. The van der Waals surface area contributed by atoms with Gasteiger partial charge < -0.3 is 15.4 Å². The highest BCUT2D eigenvalue weighted by molar-refractivity contribution is 5.59. The van der Waals surface area contributed by atoms with Gasteiger partial charge >= 0.3 is 0 Å². The van der Waals surface area contributed by atoms with Crippen molar-refractivity contribution in [3.8, 4) is 0 Å². The van der Waals surface area contributed by atoms with Gasteiger partial charge in [-0.3, -0.25) is 0 Å². The third kappa shape index (κ3) is 2.37. The van der Waals surface area contributed by atoms with Crippen LogP contribution in [0.4, 0.5) is 11.6 Å². The van der Waals surface area contributed by atoms with Gasteiger partial charge in [0.25, 0.3) is 0 Å². The van der Waals surface area contributed by atoms with Crippen molar-refractivity contribution in [2.45, 2.75) is 32.1 Å². The maximum atomic E-state index is 9.26.